The summed E-state index contributed by atoms with van der Waals surface area (Å²) in [4.78, 5) is 26.3. The van der Waals surface area contributed by atoms with E-state index in [4.69, 9.17) is 13.9 Å². The van der Waals surface area contributed by atoms with Crippen molar-refractivity contribution in [3.63, 3.8) is 0 Å². The minimum atomic E-state index is -2.38. The van der Waals surface area contributed by atoms with Crippen LogP contribution in [-0.2, 0) is 23.5 Å². The topological polar surface area (TPSA) is 61.8 Å². The van der Waals surface area contributed by atoms with Crippen LogP contribution in [0.3, 0.4) is 0 Å². The third-order valence-corrected chi connectivity index (χ3v) is 12.7. The van der Waals surface area contributed by atoms with Gasteiger partial charge in [-0.05, 0) is 66.5 Å². The van der Waals surface area contributed by atoms with Crippen LogP contribution in [0, 0.1) is 17.3 Å². The molecule has 5 nitrogen and oxygen atoms in total. The van der Waals surface area contributed by atoms with Gasteiger partial charge in [0.2, 0.25) is 0 Å². The Hall–Kier alpha value is -2.26. The molecular formula is C28H44O5Si. The third-order valence-electron chi connectivity index (χ3n) is 6.75. The van der Waals surface area contributed by atoms with Crippen molar-refractivity contribution in [1.82, 2.24) is 0 Å². The first-order valence-corrected chi connectivity index (χ1v) is 14.5. The summed E-state index contributed by atoms with van der Waals surface area (Å²) in [5.74, 6) is 5.00. The molecule has 0 saturated heterocycles. The fraction of sp³-hybridized carbons (Fsp3) is 0.643. The van der Waals surface area contributed by atoms with Gasteiger partial charge in [-0.15, -0.1) is 0 Å². The lowest BCUT2D eigenvalue weighted by molar-refractivity contribution is -0.164. The van der Waals surface area contributed by atoms with Crippen molar-refractivity contribution in [2.45, 2.75) is 97.2 Å². The van der Waals surface area contributed by atoms with Crippen LogP contribution in [0.4, 0.5) is 0 Å². The summed E-state index contributed by atoms with van der Waals surface area (Å²) in [7, 11) is 0.170. The van der Waals surface area contributed by atoms with Gasteiger partial charge in [0, 0.05) is 6.42 Å². The summed E-state index contributed by atoms with van der Waals surface area (Å²) in [6.07, 6.45) is 7.65. The Balaban J connectivity index is 3.91. The molecular weight excluding hydrogens is 444 g/mol. The summed E-state index contributed by atoms with van der Waals surface area (Å²) in [5, 5.41) is 0. The van der Waals surface area contributed by atoms with E-state index in [-0.39, 0.29) is 6.42 Å². The van der Waals surface area contributed by atoms with E-state index in [0.29, 0.717) is 28.0 Å². The fourth-order valence-corrected chi connectivity index (χ4v) is 10.4. The summed E-state index contributed by atoms with van der Waals surface area (Å²) in [5.41, 5.74) is 0.932. The Bertz CT molecular complexity index is 829. The molecule has 0 heterocycles. The van der Waals surface area contributed by atoms with Gasteiger partial charge in [0.1, 0.15) is 5.76 Å². The third kappa shape index (κ3) is 6.66. The predicted octanol–water partition coefficient (Wildman–Crippen LogP) is 6.86. The number of hydrogen-bond donors (Lipinski definition) is 0. The number of rotatable bonds is 10. The lowest BCUT2D eigenvalue weighted by Gasteiger charge is -2.44. The van der Waals surface area contributed by atoms with E-state index in [1.807, 2.05) is 0 Å². The number of methoxy groups -OCH3 is 2. The van der Waals surface area contributed by atoms with E-state index in [0.717, 1.165) is 31.3 Å². The molecule has 0 saturated carbocycles. The molecule has 0 unspecified atom stereocenters. The van der Waals surface area contributed by atoms with E-state index in [2.05, 4.69) is 66.0 Å². The molecule has 0 spiro atoms. The van der Waals surface area contributed by atoms with E-state index in [1.165, 1.54) is 14.2 Å². The molecule has 0 radical (unpaired) electrons. The molecule has 0 aromatic rings. The number of ether oxygens (including phenoxy) is 2. The molecule has 0 N–H and O–H groups in total. The Morgan fingerprint density at radius 1 is 1.06 bits per heavy atom. The van der Waals surface area contributed by atoms with Gasteiger partial charge in [0.25, 0.3) is 8.32 Å². The minimum absolute atomic E-state index is 0.0844. The standard InChI is InChI=1S/C28H44O5Si/c1-20(2)15-14-18-28(26(29)31-9,27(30)32-10)19-25(24-16-12-11-13-17-24)33-34(21(3)4,22(5)6)23(7)8/h16,19,21-23H,1,11-13,17-18H2,2-10H3/b25-19-. The maximum absolute atomic E-state index is 13.2. The molecule has 0 aliphatic heterocycles. The molecule has 0 fully saturated rings. The number of esters is 2. The Morgan fingerprint density at radius 2 is 1.59 bits per heavy atom. The largest absolute Gasteiger partial charge is 0.543 e. The van der Waals surface area contributed by atoms with Gasteiger partial charge in [-0.2, -0.15) is 0 Å². The second kappa shape index (κ2) is 13.0. The highest BCUT2D eigenvalue weighted by molar-refractivity contribution is 6.77. The smallest absolute Gasteiger partial charge is 0.328 e. The van der Waals surface area contributed by atoms with Crippen LogP contribution < -0.4 is 0 Å². The van der Waals surface area contributed by atoms with E-state index < -0.39 is 25.7 Å². The van der Waals surface area contributed by atoms with Gasteiger partial charge in [-0.3, -0.25) is 9.59 Å². The van der Waals surface area contributed by atoms with Gasteiger partial charge in [0.15, 0.2) is 5.41 Å². The number of carbonyl (C=O) groups is 2. The quantitative estimate of drug-likeness (QED) is 0.110. The van der Waals surface area contributed by atoms with Crippen molar-refractivity contribution in [2.75, 3.05) is 14.2 Å². The average molecular weight is 489 g/mol. The number of hydrogen-bond acceptors (Lipinski definition) is 5. The molecule has 190 valence electrons. The zero-order valence-corrected chi connectivity index (χ0v) is 23.7. The lowest BCUT2D eigenvalue weighted by atomic mass is 9.82. The zero-order valence-electron chi connectivity index (χ0n) is 22.7. The Morgan fingerprint density at radius 3 is 1.97 bits per heavy atom. The summed E-state index contributed by atoms with van der Waals surface area (Å²) in [6.45, 7) is 18.9. The highest BCUT2D eigenvalue weighted by Gasteiger charge is 2.50. The Kier molecular flexibility index (Phi) is 11.4. The molecule has 0 aromatic carbocycles. The zero-order chi connectivity index (χ0) is 26.1. The minimum Gasteiger partial charge on any atom is -0.543 e. The molecule has 6 heteroatoms. The van der Waals surface area contributed by atoms with Crippen molar-refractivity contribution >= 4 is 20.3 Å². The first-order chi connectivity index (χ1) is 15.9. The van der Waals surface area contributed by atoms with E-state index in [1.54, 1.807) is 13.0 Å². The fourth-order valence-electron chi connectivity index (χ4n) is 5.11. The van der Waals surface area contributed by atoms with Gasteiger partial charge < -0.3 is 13.9 Å². The van der Waals surface area contributed by atoms with Crippen LogP contribution in [0.15, 0.2) is 35.6 Å². The van der Waals surface area contributed by atoms with Crippen molar-refractivity contribution in [2.24, 2.45) is 5.41 Å². The molecule has 0 atom stereocenters. The second-order valence-corrected chi connectivity index (χ2v) is 15.5. The van der Waals surface area contributed by atoms with Gasteiger partial charge in [-0.1, -0.05) is 66.0 Å². The highest BCUT2D eigenvalue weighted by atomic mass is 28.4. The Labute approximate surface area is 208 Å². The monoisotopic (exact) mass is 488 g/mol. The molecule has 1 aliphatic rings. The lowest BCUT2D eigenvalue weighted by Crippen LogP contribution is -2.48. The van der Waals surface area contributed by atoms with E-state index >= 15 is 0 Å². The summed E-state index contributed by atoms with van der Waals surface area (Å²) < 4.78 is 17.3. The average Bonchev–Trinajstić information content (AvgIpc) is 2.79. The number of allylic oxidation sites excluding steroid dienone is 3. The van der Waals surface area contributed by atoms with Crippen LogP contribution in [0.5, 0.6) is 0 Å². The highest BCUT2D eigenvalue weighted by Crippen LogP contribution is 2.46. The first kappa shape index (κ1) is 29.8. The molecule has 34 heavy (non-hydrogen) atoms. The van der Waals surface area contributed by atoms with Gasteiger partial charge in [-0.25, -0.2) is 0 Å². The molecule has 0 aromatic heterocycles. The second-order valence-electron chi connectivity index (χ2n) is 10.1. The molecule has 0 amide bonds. The number of carbonyl (C=O) groups excluding carboxylic acids is 2. The van der Waals surface area contributed by atoms with Crippen molar-refractivity contribution in [3.05, 3.63) is 35.6 Å². The van der Waals surface area contributed by atoms with Crippen LogP contribution in [0.1, 0.15) is 80.6 Å². The van der Waals surface area contributed by atoms with Gasteiger partial charge >= 0.3 is 11.9 Å². The normalized spacial score (nSPS) is 14.9. The predicted molar refractivity (Wildman–Crippen MR) is 140 cm³/mol. The maximum atomic E-state index is 13.2. The molecule has 1 aliphatic carbocycles. The molecule has 0 bridgehead atoms. The van der Waals surface area contributed by atoms with Crippen LogP contribution in [0.25, 0.3) is 0 Å². The van der Waals surface area contributed by atoms with Gasteiger partial charge in [0.05, 0.1) is 14.2 Å². The van der Waals surface area contributed by atoms with Crippen molar-refractivity contribution < 1.29 is 23.5 Å². The summed E-state index contributed by atoms with van der Waals surface area (Å²) in [6, 6.07) is 0. The van der Waals surface area contributed by atoms with E-state index in [9.17, 15) is 9.59 Å². The van der Waals surface area contributed by atoms with Crippen molar-refractivity contribution in [3.8, 4) is 11.8 Å². The first-order valence-electron chi connectivity index (χ1n) is 12.3. The summed E-state index contributed by atoms with van der Waals surface area (Å²) >= 11 is 0. The molecule has 1 rings (SSSR count). The maximum Gasteiger partial charge on any atom is 0.328 e. The SMILES string of the molecule is C=C(C)C#CCC(/C=C(\O[Si](C(C)C)(C(C)C)C(C)C)C1=CCCCC1)(C(=O)OC)C(=O)OC. The van der Waals surface area contributed by atoms with Crippen LogP contribution in [0.2, 0.25) is 16.6 Å². The van der Waals surface area contributed by atoms with Crippen molar-refractivity contribution in [1.29, 1.82) is 0 Å². The van der Waals surface area contributed by atoms with Crippen LogP contribution in [-0.4, -0.2) is 34.5 Å². The van der Waals surface area contributed by atoms with Crippen LogP contribution >= 0.6 is 0 Å².